The van der Waals surface area contributed by atoms with Crippen molar-refractivity contribution in [3.05, 3.63) is 35.0 Å². The zero-order chi connectivity index (χ0) is 13.6. The largest absolute Gasteiger partial charge is 0.347 e. The van der Waals surface area contributed by atoms with Gasteiger partial charge in [0.15, 0.2) is 0 Å². The van der Waals surface area contributed by atoms with Crippen LogP contribution in [0.2, 0.25) is 0 Å². The lowest BCUT2D eigenvalue weighted by Gasteiger charge is -2.20. The number of carbonyl (C=O) groups excluding carboxylic acids is 1. The van der Waals surface area contributed by atoms with Gasteiger partial charge in [0.25, 0.3) is 5.91 Å². The Labute approximate surface area is 112 Å². The number of nitrogens with two attached hydrogens (primary N) is 1. The number of nitrogens with zero attached hydrogens (tertiary/aromatic N) is 1. The van der Waals surface area contributed by atoms with Gasteiger partial charge in [0, 0.05) is 29.2 Å². The highest BCUT2D eigenvalue weighted by atomic mass is 16.2. The number of carbonyl (C=O) groups is 1. The first-order valence-corrected chi connectivity index (χ1v) is 6.75. The van der Waals surface area contributed by atoms with Gasteiger partial charge in [-0.2, -0.15) is 0 Å². The first-order chi connectivity index (χ1) is 9.13. The summed E-state index contributed by atoms with van der Waals surface area (Å²) in [7, 11) is 2.12. The quantitative estimate of drug-likeness (QED) is 0.467. The summed E-state index contributed by atoms with van der Waals surface area (Å²) in [5.41, 5.74) is 6.85. The van der Waals surface area contributed by atoms with Crippen LogP contribution in [-0.2, 0) is 13.5 Å². The summed E-state index contributed by atoms with van der Waals surface area (Å²) in [6, 6.07) is 5.82. The number of aryl methyl sites for hydroxylation is 2. The predicted octanol–water partition coefficient (Wildman–Crippen LogP) is 2.22. The lowest BCUT2D eigenvalue weighted by molar-refractivity contribution is 0.0954. The predicted molar refractivity (Wildman–Crippen MR) is 75.9 cm³/mol. The summed E-state index contributed by atoms with van der Waals surface area (Å²) in [6.07, 6.45) is 3.57. The molecule has 0 radical (unpaired) electrons. The maximum atomic E-state index is 11.7. The Morgan fingerprint density at radius 3 is 3.00 bits per heavy atom. The number of nitrogen functional groups attached to an aromatic ring is 1. The van der Waals surface area contributed by atoms with E-state index in [0.717, 1.165) is 6.42 Å². The standard InChI is InChI=1S/C15H19N3O/c1-9-4-3-5-11-12-8-10(15(19)17-16)6-7-13(12)18(2)14(9)11/h6-9H,3-5,16H2,1-2H3,(H,17,19). The third-order valence-corrected chi connectivity index (χ3v) is 4.28. The van der Waals surface area contributed by atoms with Gasteiger partial charge in [-0.3, -0.25) is 10.2 Å². The molecule has 100 valence electrons. The number of nitrogens with one attached hydrogen (secondary N) is 1. The molecule has 1 unspecified atom stereocenters. The Hall–Kier alpha value is -1.81. The molecule has 3 rings (SSSR count). The molecule has 1 heterocycles. The fraction of sp³-hybridized carbons (Fsp3) is 0.400. The number of benzene rings is 1. The number of amides is 1. The second-order valence-corrected chi connectivity index (χ2v) is 5.42. The Bertz CT molecular complexity index is 657. The molecular formula is C15H19N3O. The van der Waals surface area contributed by atoms with E-state index in [0.29, 0.717) is 11.5 Å². The normalized spacial score (nSPS) is 18.4. The van der Waals surface area contributed by atoms with E-state index < -0.39 is 0 Å². The highest BCUT2D eigenvalue weighted by Gasteiger charge is 2.23. The lowest BCUT2D eigenvalue weighted by atomic mass is 9.88. The highest BCUT2D eigenvalue weighted by molar-refractivity contribution is 5.99. The van der Waals surface area contributed by atoms with E-state index in [1.165, 1.54) is 35.0 Å². The van der Waals surface area contributed by atoms with Gasteiger partial charge in [-0.05, 0) is 48.9 Å². The number of aromatic nitrogens is 1. The molecular weight excluding hydrogens is 238 g/mol. The molecule has 0 bridgehead atoms. The zero-order valence-corrected chi connectivity index (χ0v) is 11.4. The van der Waals surface area contributed by atoms with Gasteiger partial charge in [-0.15, -0.1) is 0 Å². The average Bonchev–Trinajstić information content (AvgIpc) is 2.72. The maximum Gasteiger partial charge on any atom is 0.265 e. The third kappa shape index (κ3) is 1.75. The molecule has 0 fully saturated rings. The zero-order valence-electron chi connectivity index (χ0n) is 11.4. The summed E-state index contributed by atoms with van der Waals surface area (Å²) in [4.78, 5) is 11.7. The number of hydrogen-bond donors (Lipinski definition) is 2. The van der Waals surface area contributed by atoms with E-state index in [-0.39, 0.29) is 5.91 Å². The van der Waals surface area contributed by atoms with Crippen LogP contribution in [0.4, 0.5) is 0 Å². The van der Waals surface area contributed by atoms with E-state index in [2.05, 4.69) is 24.0 Å². The Morgan fingerprint density at radius 2 is 2.26 bits per heavy atom. The molecule has 4 nitrogen and oxygen atoms in total. The Balaban J connectivity index is 2.26. The molecule has 0 saturated carbocycles. The molecule has 1 aromatic heterocycles. The summed E-state index contributed by atoms with van der Waals surface area (Å²) in [6.45, 7) is 2.28. The van der Waals surface area contributed by atoms with E-state index in [1.807, 2.05) is 18.2 Å². The van der Waals surface area contributed by atoms with Gasteiger partial charge in [0.2, 0.25) is 0 Å². The van der Waals surface area contributed by atoms with Crippen LogP contribution < -0.4 is 11.3 Å². The number of rotatable bonds is 1. The van der Waals surface area contributed by atoms with Crippen LogP contribution in [0.1, 0.15) is 47.3 Å². The molecule has 1 aromatic carbocycles. The number of hydrogen-bond acceptors (Lipinski definition) is 2. The van der Waals surface area contributed by atoms with Crippen LogP contribution in [0.3, 0.4) is 0 Å². The molecule has 19 heavy (non-hydrogen) atoms. The molecule has 4 heteroatoms. The molecule has 1 aliphatic carbocycles. The fourth-order valence-electron chi connectivity index (χ4n) is 3.38. The summed E-state index contributed by atoms with van der Waals surface area (Å²) in [5.74, 6) is 5.57. The van der Waals surface area contributed by atoms with Gasteiger partial charge in [-0.25, -0.2) is 5.84 Å². The maximum absolute atomic E-state index is 11.7. The van der Waals surface area contributed by atoms with Crippen LogP contribution in [-0.4, -0.2) is 10.5 Å². The molecule has 1 atom stereocenters. The highest BCUT2D eigenvalue weighted by Crippen LogP contribution is 2.37. The minimum Gasteiger partial charge on any atom is -0.347 e. The molecule has 0 saturated heterocycles. The van der Waals surface area contributed by atoms with Crippen LogP contribution >= 0.6 is 0 Å². The van der Waals surface area contributed by atoms with Gasteiger partial charge in [0.05, 0.1) is 0 Å². The van der Waals surface area contributed by atoms with Crippen molar-refractivity contribution < 1.29 is 4.79 Å². The van der Waals surface area contributed by atoms with Crippen molar-refractivity contribution in [3.63, 3.8) is 0 Å². The van der Waals surface area contributed by atoms with Gasteiger partial charge in [0.1, 0.15) is 0 Å². The lowest BCUT2D eigenvalue weighted by Crippen LogP contribution is -2.29. The smallest absolute Gasteiger partial charge is 0.265 e. The SMILES string of the molecule is CC1CCCc2c1n(C)c1ccc(C(=O)NN)cc21. The van der Waals surface area contributed by atoms with Gasteiger partial charge in [-0.1, -0.05) is 6.92 Å². The van der Waals surface area contributed by atoms with Gasteiger partial charge >= 0.3 is 0 Å². The molecule has 0 spiro atoms. The van der Waals surface area contributed by atoms with Crippen LogP contribution in [0.15, 0.2) is 18.2 Å². The van der Waals surface area contributed by atoms with Crippen molar-refractivity contribution in [2.24, 2.45) is 12.9 Å². The summed E-state index contributed by atoms with van der Waals surface area (Å²) >= 11 is 0. The van der Waals surface area contributed by atoms with Crippen LogP contribution in [0.25, 0.3) is 10.9 Å². The molecule has 0 aliphatic heterocycles. The molecule has 1 aliphatic rings. The van der Waals surface area contributed by atoms with Crippen molar-refractivity contribution in [1.82, 2.24) is 9.99 Å². The van der Waals surface area contributed by atoms with Gasteiger partial charge < -0.3 is 4.57 Å². The first kappa shape index (κ1) is 12.2. The van der Waals surface area contributed by atoms with Crippen molar-refractivity contribution in [2.75, 3.05) is 0 Å². The monoisotopic (exact) mass is 257 g/mol. The van der Waals surface area contributed by atoms with E-state index >= 15 is 0 Å². The van der Waals surface area contributed by atoms with Crippen molar-refractivity contribution in [1.29, 1.82) is 0 Å². The van der Waals surface area contributed by atoms with E-state index in [9.17, 15) is 4.79 Å². The Kier molecular flexibility index (Phi) is 2.82. The number of hydrazine groups is 1. The summed E-state index contributed by atoms with van der Waals surface area (Å²) < 4.78 is 2.28. The first-order valence-electron chi connectivity index (χ1n) is 6.75. The third-order valence-electron chi connectivity index (χ3n) is 4.28. The molecule has 3 N–H and O–H groups in total. The topological polar surface area (TPSA) is 60.0 Å². The van der Waals surface area contributed by atoms with E-state index in [4.69, 9.17) is 5.84 Å². The second kappa shape index (κ2) is 4.38. The minimum atomic E-state index is -0.233. The number of fused-ring (bicyclic) bond motifs is 3. The average molecular weight is 257 g/mol. The van der Waals surface area contributed by atoms with Crippen LogP contribution in [0, 0.1) is 0 Å². The van der Waals surface area contributed by atoms with E-state index in [1.54, 1.807) is 0 Å². The Morgan fingerprint density at radius 1 is 1.47 bits per heavy atom. The second-order valence-electron chi connectivity index (χ2n) is 5.42. The fourth-order valence-corrected chi connectivity index (χ4v) is 3.38. The van der Waals surface area contributed by atoms with Crippen molar-refractivity contribution >= 4 is 16.8 Å². The van der Waals surface area contributed by atoms with Crippen molar-refractivity contribution in [2.45, 2.75) is 32.1 Å². The van der Waals surface area contributed by atoms with Crippen LogP contribution in [0.5, 0.6) is 0 Å². The minimum absolute atomic E-state index is 0.233. The molecule has 2 aromatic rings. The summed E-state index contributed by atoms with van der Waals surface area (Å²) in [5, 5.41) is 1.20. The molecule has 1 amide bonds. The van der Waals surface area contributed by atoms with Crippen molar-refractivity contribution in [3.8, 4) is 0 Å².